The molecule has 0 bridgehead atoms. The van der Waals surface area contributed by atoms with E-state index in [1.165, 1.54) is 24.6 Å². The van der Waals surface area contributed by atoms with Gasteiger partial charge in [-0.2, -0.15) is 5.26 Å². The lowest BCUT2D eigenvalue weighted by atomic mass is 10.0. The largest absolute Gasteiger partial charge is 0.367 e. The Balaban J connectivity index is 2.00. The predicted octanol–water partition coefficient (Wildman–Crippen LogP) is 6.61. The van der Waals surface area contributed by atoms with Gasteiger partial charge in [0, 0.05) is 25.2 Å². The number of amides is 1. The zero-order chi connectivity index (χ0) is 26.8. The van der Waals surface area contributed by atoms with Crippen molar-refractivity contribution in [2.24, 2.45) is 0 Å². The van der Waals surface area contributed by atoms with Crippen LogP contribution in [0.4, 0.5) is 5.82 Å². The number of thiocarbonyl (C=S) groups is 1. The summed E-state index contributed by atoms with van der Waals surface area (Å²) >= 11 is 6.84. The lowest BCUT2D eigenvalue weighted by molar-refractivity contribution is -0.122. The van der Waals surface area contributed by atoms with Crippen molar-refractivity contribution in [2.45, 2.75) is 78.8 Å². The summed E-state index contributed by atoms with van der Waals surface area (Å²) in [5.41, 5.74) is 2.13. The van der Waals surface area contributed by atoms with Gasteiger partial charge in [-0.05, 0) is 37.0 Å². The van der Waals surface area contributed by atoms with Gasteiger partial charge in [-0.15, -0.1) is 0 Å². The highest BCUT2D eigenvalue weighted by Crippen LogP contribution is 2.35. The van der Waals surface area contributed by atoms with Crippen molar-refractivity contribution in [3.8, 4) is 6.07 Å². The Morgan fingerprint density at radius 3 is 2.41 bits per heavy atom. The lowest BCUT2D eigenvalue weighted by Crippen LogP contribution is -2.29. The van der Waals surface area contributed by atoms with Crippen LogP contribution in [-0.4, -0.2) is 26.2 Å². The van der Waals surface area contributed by atoms with E-state index in [4.69, 9.17) is 12.2 Å². The van der Waals surface area contributed by atoms with Gasteiger partial charge < -0.3 is 5.32 Å². The lowest BCUT2D eigenvalue weighted by Gasteiger charge is -2.20. The molecular formula is C29H36N4O2S2. The van der Waals surface area contributed by atoms with E-state index < -0.39 is 0 Å². The van der Waals surface area contributed by atoms with Crippen molar-refractivity contribution in [3.05, 3.63) is 67.8 Å². The Labute approximate surface area is 229 Å². The van der Waals surface area contributed by atoms with Gasteiger partial charge in [0.2, 0.25) is 0 Å². The monoisotopic (exact) mass is 536 g/mol. The molecule has 1 aliphatic rings. The molecule has 1 fully saturated rings. The van der Waals surface area contributed by atoms with Gasteiger partial charge in [0.1, 0.15) is 21.8 Å². The highest BCUT2D eigenvalue weighted by atomic mass is 32.2. The van der Waals surface area contributed by atoms with Crippen LogP contribution >= 0.6 is 24.0 Å². The Bertz CT molecular complexity index is 1250. The molecule has 2 heterocycles. The molecule has 1 N–H and O–H groups in total. The van der Waals surface area contributed by atoms with Gasteiger partial charge >= 0.3 is 0 Å². The number of hydrogen-bond acceptors (Lipinski definition) is 6. The minimum absolute atomic E-state index is 0.108. The molecule has 1 aliphatic heterocycles. The summed E-state index contributed by atoms with van der Waals surface area (Å²) in [6, 6.07) is 12.0. The number of nitrogens with zero attached hydrogens (tertiary/aromatic N) is 3. The first kappa shape index (κ1) is 28.7. The summed E-state index contributed by atoms with van der Waals surface area (Å²) in [4.78, 5) is 28.8. The molecule has 3 rings (SSSR count). The summed E-state index contributed by atoms with van der Waals surface area (Å²) in [5.74, 6) is 0.521. The highest BCUT2D eigenvalue weighted by molar-refractivity contribution is 8.26. The SMILES string of the molecule is CCCCCCCN1C(=O)/C(=C\c2c(C)c(C#N)c(=O)n(CCCC)c2NCc2ccccc2)SC1=S. The van der Waals surface area contributed by atoms with E-state index in [0.717, 1.165) is 37.7 Å². The smallest absolute Gasteiger partial charge is 0.270 e. The molecule has 1 amide bonds. The summed E-state index contributed by atoms with van der Waals surface area (Å²) in [6.45, 7) is 7.64. The first-order chi connectivity index (χ1) is 17.9. The van der Waals surface area contributed by atoms with Crippen LogP contribution in [0.1, 0.15) is 81.0 Å². The molecule has 6 nitrogen and oxygen atoms in total. The normalized spacial score (nSPS) is 14.4. The molecule has 37 heavy (non-hydrogen) atoms. The maximum absolute atomic E-state index is 13.3. The second-order valence-corrected chi connectivity index (χ2v) is 10.9. The number of hydrogen-bond donors (Lipinski definition) is 1. The first-order valence-electron chi connectivity index (χ1n) is 13.1. The fourth-order valence-corrected chi connectivity index (χ4v) is 5.65. The van der Waals surface area contributed by atoms with Crippen LogP contribution < -0.4 is 10.9 Å². The predicted molar refractivity (Wildman–Crippen MR) is 157 cm³/mol. The zero-order valence-corrected chi connectivity index (χ0v) is 23.6. The Morgan fingerprint density at radius 2 is 1.73 bits per heavy atom. The summed E-state index contributed by atoms with van der Waals surface area (Å²) in [5, 5.41) is 13.3. The van der Waals surface area contributed by atoms with Gasteiger partial charge in [-0.25, -0.2) is 0 Å². The first-order valence-corrected chi connectivity index (χ1v) is 14.4. The Morgan fingerprint density at radius 1 is 1.03 bits per heavy atom. The molecule has 0 saturated carbocycles. The third-order valence-corrected chi connectivity index (χ3v) is 7.92. The van der Waals surface area contributed by atoms with Crippen molar-refractivity contribution in [1.82, 2.24) is 9.47 Å². The molecule has 1 aromatic carbocycles. The van der Waals surface area contributed by atoms with Crippen LogP contribution in [-0.2, 0) is 17.9 Å². The number of pyridine rings is 1. The maximum Gasteiger partial charge on any atom is 0.270 e. The molecule has 196 valence electrons. The summed E-state index contributed by atoms with van der Waals surface area (Å²) < 4.78 is 2.21. The number of unbranched alkanes of at least 4 members (excludes halogenated alkanes) is 5. The molecule has 2 aromatic rings. The molecule has 0 radical (unpaired) electrons. The van der Waals surface area contributed by atoms with E-state index in [1.807, 2.05) is 36.4 Å². The second-order valence-electron chi connectivity index (χ2n) is 9.27. The molecule has 0 spiro atoms. The third-order valence-electron chi connectivity index (χ3n) is 6.55. The van der Waals surface area contributed by atoms with Gasteiger partial charge in [-0.3, -0.25) is 19.1 Å². The van der Waals surface area contributed by atoms with Crippen LogP contribution in [0.15, 0.2) is 40.0 Å². The van der Waals surface area contributed by atoms with Crippen molar-refractivity contribution in [3.63, 3.8) is 0 Å². The number of anilines is 1. The van der Waals surface area contributed by atoms with Crippen molar-refractivity contribution in [1.29, 1.82) is 5.26 Å². The van der Waals surface area contributed by atoms with Crippen LogP contribution in [0.25, 0.3) is 6.08 Å². The van der Waals surface area contributed by atoms with Crippen molar-refractivity contribution in [2.75, 3.05) is 11.9 Å². The fraction of sp³-hybridized carbons (Fsp3) is 0.448. The van der Waals surface area contributed by atoms with Crippen molar-refractivity contribution < 1.29 is 4.79 Å². The van der Waals surface area contributed by atoms with Gasteiger partial charge in [-0.1, -0.05) is 100 Å². The fourth-order valence-electron chi connectivity index (χ4n) is 4.36. The van der Waals surface area contributed by atoms with Crippen LogP contribution in [0.2, 0.25) is 0 Å². The molecule has 0 aliphatic carbocycles. The number of carbonyl (C=O) groups is 1. The molecule has 8 heteroatoms. The average molecular weight is 537 g/mol. The number of rotatable bonds is 13. The summed E-state index contributed by atoms with van der Waals surface area (Å²) in [6.07, 6.45) is 9.04. The van der Waals surface area contributed by atoms with Crippen LogP contribution in [0.5, 0.6) is 0 Å². The Hall–Kier alpha value is -2.89. The molecule has 0 unspecified atom stereocenters. The van der Waals surface area contributed by atoms with Gasteiger partial charge in [0.05, 0.1) is 4.91 Å². The maximum atomic E-state index is 13.3. The second kappa shape index (κ2) is 14.2. The van der Waals surface area contributed by atoms with E-state index >= 15 is 0 Å². The van der Waals surface area contributed by atoms with Crippen molar-refractivity contribution >= 4 is 46.1 Å². The highest BCUT2D eigenvalue weighted by Gasteiger charge is 2.32. The topological polar surface area (TPSA) is 78.1 Å². The van der Waals surface area contributed by atoms with Crippen LogP contribution in [0.3, 0.4) is 0 Å². The minimum Gasteiger partial charge on any atom is -0.367 e. The van der Waals surface area contributed by atoms with Crippen LogP contribution in [0, 0.1) is 18.3 Å². The van der Waals surface area contributed by atoms with E-state index in [0.29, 0.717) is 45.8 Å². The van der Waals surface area contributed by atoms with E-state index in [-0.39, 0.29) is 17.0 Å². The zero-order valence-electron chi connectivity index (χ0n) is 22.0. The number of nitriles is 1. The number of benzene rings is 1. The minimum atomic E-state index is -0.305. The van der Waals surface area contributed by atoms with E-state index in [9.17, 15) is 14.9 Å². The quantitative estimate of drug-likeness (QED) is 0.176. The van der Waals surface area contributed by atoms with E-state index in [1.54, 1.807) is 16.4 Å². The number of carbonyl (C=O) groups excluding carboxylic acids is 1. The third kappa shape index (κ3) is 7.12. The molecule has 1 saturated heterocycles. The molecule has 1 aromatic heterocycles. The summed E-state index contributed by atoms with van der Waals surface area (Å²) in [7, 11) is 0. The van der Waals surface area contributed by atoms with E-state index in [2.05, 4.69) is 25.2 Å². The number of nitrogens with one attached hydrogen (secondary N) is 1. The molecule has 0 atom stereocenters. The Kier molecular flexibility index (Phi) is 11.0. The number of thioether (sulfide) groups is 1. The van der Waals surface area contributed by atoms with Gasteiger partial charge in [0.25, 0.3) is 11.5 Å². The molecular weight excluding hydrogens is 500 g/mol. The standard InChI is InChI=1S/C29H36N4O2S2/c1-4-6-8-9-13-17-33-28(35)25(37-29(33)36)18-23-21(3)24(19-30)27(34)32(16-7-5-2)26(23)31-20-22-14-11-10-12-15-22/h10-12,14-15,18,31H,4-9,13,16-17,20H2,1-3H3/b25-18+. The number of aromatic nitrogens is 1. The van der Waals surface area contributed by atoms with Gasteiger partial charge in [0.15, 0.2) is 0 Å². The average Bonchev–Trinajstić information content (AvgIpc) is 3.16.